The van der Waals surface area contributed by atoms with Crippen molar-refractivity contribution >= 4 is 28.6 Å². The molecule has 0 aliphatic carbocycles. The van der Waals surface area contributed by atoms with Gasteiger partial charge in [0, 0.05) is 23.2 Å². The van der Waals surface area contributed by atoms with E-state index < -0.39 is 0 Å². The smallest absolute Gasteiger partial charge is 0.209 e. The third kappa shape index (κ3) is 3.33. The molecule has 2 aromatic heterocycles. The number of aromatic nitrogens is 4. The van der Waals surface area contributed by atoms with E-state index in [1.54, 1.807) is 35.9 Å². The van der Waals surface area contributed by atoms with Crippen molar-refractivity contribution in [2.75, 3.05) is 5.73 Å². The Morgan fingerprint density at radius 1 is 1.04 bits per heavy atom. The first-order valence-electron chi connectivity index (χ1n) is 8.05. The van der Waals surface area contributed by atoms with E-state index >= 15 is 0 Å². The van der Waals surface area contributed by atoms with E-state index in [-0.39, 0.29) is 17.5 Å². The summed E-state index contributed by atoms with van der Waals surface area (Å²) >= 11 is 5.97. The van der Waals surface area contributed by atoms with E-state index in [4.69, 9.17) is 17.3 Å². The van der Waals surface area contributed by atoms with Gasteiger partial charge in [-0.05, 0) is 36.3 Å². The van der Waals surface area contributed by atoms with Crippen LogP contribution in [0.4, 0.5) is 10.2 Å². The maximum atomic E-state index is 13.6. The third-order valence-corrected chi connectivity index (χ3v) is 4.21. The van der Waals surface area contributed by atoms with Crippen LogP contribution >= 0.6 is 11.6 Å². The molecular weight excluding hydrogens is 365 g/mol. The van der Waals surface area contributed by atoms with Crippen LogP contribution in [0.2, 0.25) is 5.02 Å². The lowest BCUT2D eigenvalue weighted by molar-refractivity contribution is 0.628. The highest BCUT2D eigenvalue weighted by molar-refractivity contribution is 6.30. The number of benzene rings is 2. The molecule has 0 fully saturated rings. The molecule has 0 unspecified atom stereocenters. The van der Waals surface area contributed by atoms with E-state index in [9.17, 15) is 4.39 Å². The van der Waals surface area contributed by atoms with Gasteiger partial charge in [0.1, 0.15) is 11.6 Å². The molecule has 2 aromatic carbocycles. The maximum absolute atomic E-state index is 13.6. The number of hydrogen-bond acceptors (Lipinski definition) is 4. The van der Waals surface area contributed by atoms with Gasteiger partial charge in [-0.15, -0.1) is 0 Å². The summed E-state index contributed by atoms with van der Waals surface area (Å²) in [5.74, 6) is 6.55. The molecule has 132 valence electrons. The average Bonchev–Trinajstić information content (AvgIpc) is 2.98. The Morgan fingerprint density at radius 3 is 2.63 bits per heavy atom. The minimum absolute atomic E-state index is 0.216. The average molecular weight is 378 g/mol. The Labute approximate surface area is 159 Å². The van der Waals surface area contributed by atoms with Crippen LogP contribution in [-0.2, 0) is 7.05 Å². The molecule has 7 heteroatoms. The van der Waals surface area contributed by atoms with Gasteiger partial charge in [0.2, 0.25) is 5.82 Å². The van der Waals surface area contributed by atoms with Crippen molar-refractivity contribution < 1.29 is 4.39 Å². The quantitative estimate of drug-likeness (QED) is 0.512. The SMILES string of the molecule is Cn1c(-c2cccc(F)c2)nc2c(N)nc(C#Cc3cccc(Cl)c3)nc21. The molecule has 0 saturated carbocycles. The fourth-order valence-electron chi connectivity index (χ4n) is 2.72. The predicted octanol–water partition coefficient (Wildman–Crippen LogP) is 3.80. The second-order valence-electron chi connectivity index (χ2n) is 5.87. The lowest BCUT2D eigenvalue weighted by atomic mass is 10.2. The Hall–Kier alpha value is -3.43. The molecule has 4 aromatic rings. The molecule has 0 amide bonds. The van der Waals surface area contributed by atoms with E-state index in [0.29, 0.717) is 27.6 Å². The van der Waals surface area contributed by atoms with Crippen LogP contribution in [0.5, 0.6) is 0 Å². The topological polar surface area (TPSA) is 69.6 Å². The molecule has 0 bridgehead atoms. The number of aryl methyl sites for hydroxylation is 1. The van der Waals surface area contributed by atoms with Crippen molar-refractivity contribution in [2.45, 2.75) is 0 Å². The molecule has 2 heterocycles. The summed E-state index contributed by atoms with van der Waals surface area (Å²) in [6, 6.07) is 13.4. The first-order valence-corrected chi connectivity index (χ1v) is 8.42. The lowest BCUT2D eigenvalue weighted by Gasteiger charge is -2.02. The summed E-state index contributed by atoms with van der Waals surface area (Å²) in [5, 5.41) is 0.601. The molecule has 5 nitrogen and oxygen atoms in total. The Balaban J connectivity index is 1.81. The number of fused-ring (bicyclic) bond motifs is 1. The van der Waals surface area contributed by atoms with E-state index in [1.165, 1.54) is 12.1 Å². The van der Waals surface area contributed by atoms with Crippen LogP contribution in [0.1, 0.15) is 11.4 Å². The van der Waals surface area contributed by atoms with Crippen molar-refractivity contribution in [2.24, 2.45) is 7.05 Å². The van der Waals surface area contributed by atoms with Gasteiger partial charge in [0.05, 0.1) is 0 Å². The van der Waals surface area contributed by atoms with Gasteiger partial charge in [-0.1, -0.05) is 35.7 Å². The molecule has 0 atom stereocenters. The molecule has 0 radical (unpaired) electrons. The normalized spacial score (nSPS) is 10.6. The molecule has 27 heavy (non-hydrogen) atoms. The number of nitrogens with two attached hydrogens (primary N) is 1. The van der Waals surface area contributed by atoms with E-state index in [1.807, 2.05) is 12.1 Å². The Morgan fingerprint density at radius 2 is 1.85 bits per heavy atom. The number of nitrogen functional groups attached to an aromatic ring is 1. The highest BCUT2D eigenvalue weighted by atomic mass is 35.5. The zero-order valence-corrected chi connectivity index (χ0v) is 15.0. The van der Waals surface area contributed by atoms with Gasteiger partial charge in [-0.3, -0.25) is 0 Å². The Bertz CT molecular complexity index is 1240. The highest BCUT2D eigenvalue weighted by Gasteiger charge is 2.15. The zero-order valence-electron chi connectivity index (χ0n) is 14.2. The molecule has 0 aliphatic rings. The molecule has 2 N–H and O–H groups in total. The summed E-state index contributed by atoms with van der Waals surface area (Å²) in [6.07, 6.45) is 0. The van der Waals surface area contributed by atoms with E-state index in [0.717, 1.165) is 5.56 Å². The van der Waals surface area contributed by atoms with Crippen molar-refractivity contribution in [3.05, 3.63) is 70.8 Å². The summed E-state index contributed by atoms with van der Waals surface area (Å²) in [5.41, 5.74) is 8.40. The third-order valence-electron chi connectivity index (χ3n) is 3.97. The monoisotopic (exact) mass is 377 g/mol. The zero-order chi connectivity index (χ0) is 19.0. The number of rotatable bonds is 1. The largest absolute Gasteiger partial charge is 0.382 e. The second kappa shape index (κ2) is 6.71. The van der Waals surface area contributed by atoms with Crippen LogP contribution in [0, 0.1) is 17.7 Å². The fourth-order valence-corrected chi connectivity index (χ4v) is 2.91. The Kier molecular flexibility index (Phi) is 4.22. The standard InChI is InChI=1S/C20H13ClFN5/c1-27-19(13-5-3-7-15(22)11-13)26-17-18(23)24-16(25-20(17)27)9-8-12-4-2-6-14(21)10-12/h2-7,10-11H,1H3,(H2,23,24,25). The maximum Gasteiger partial charge on any atom is 0.209 e. The first-order chi connectivity index (χ1) is 13.0. The number of anilines is 1. The van der Waals surface area contributed by atoms with E-state index in [2.05, 4.69) is 26.8 Å². The summed E-state index contributed by atoms with van der Waals surface area (Å²) < 4.78 is 15.3. The van der Waals surface area contributed by atoms with Gasteiger partial charge >= 0.3 is 0 Å². The van der Waals surface area contributed by atoms with Gasteiger partial charge in [-0.2, -0.15) is 0 Å². The fraction of sp³-hybridized carbons (Fsp3) is 0.0500. The van der Waals surface area contributed by atoms with Gasteiger partial charge in [-0.25, -0.2) is 19.3 Å². The lowest BCUT2D eigenvalue weighted by Crippen LogP contribution is -2.00. The molecular formula is C20H13ClFN5. The van der Waals surface area contributed by atoms with Crippen molar-refractivity contribution in [1.82, 2.24) is 19.5 Å². The van der Waals surface area contributed by atoms with Crippen molar-refractivity contribution in [1.29, 1.82) is 0 Å². The molecule has 0 aliphatic heterocycles. The summed E-state index contributed by atoms with van der Waals surface area (Å²) in [4.78, 5) is 13.1. The van der Waals surface area contributed by atoms with Crippen molar-refractivity contribution in [3.63, 3.8) is 0 Å². The number of imidazole rings is 1. The summed E-state index contributed by atoms with van der Waals surface area (Å²) in [7, 11) is 1.79. The van der Waals surface area contributed by atoms with Crippen LogP contribution in [0.15, 0.2) is 48.5 Å². The number of halogens is 2. The number of nitrogens with zero attached hydrogens (tertiary/aromatic N) is 4. The van der Waals surface area contributed by atoms with Gasteiger partial charge in [0.25, 0.3) is 0 Å². The van der Waals surface area contributed by atoms with Gasteiger partial charge < -0.3 is 10.3 Å². The predicted molar refractivity (Wildman–Crippen MR) is 104 cm³/mol. The minimum Gasteiger partial charge on any atom is -0.382 e. The van der Waals surface area contributed by atoms with Crippen molar-refractivity contribution in [3.8, 4) is 23.2 Å². The first kappa shape index (κ1) is 17.0. The highest BCUT2D eigenvalue weighted by Crippen LogP contribution is 2.25. The summed E-state index contributed by atoms with van der Waals surface area (Å²) in [6.45, 7) is 0. The second-order valence-corrected chi connectivity index (χ2v) is 6.31. The van der Waals surface area contributed by atoms with Crippen LogP contribution in [-0.4, -0.2) is 19.5 Å². The molecule has 0 spiro atoms. The molecule has 4 rings (SSSR count). The van der Waals surface area contributed by atoms with Crippen LogP contribution in [0.25, 0.3) is 22.6 Å². The number of hydrogen-bond donors (Lipinski definition) is 1. The van der Waals surface area contributed by atoms with Gasteiger partial charge in [0.15, 0.2) is 17.0 Å². The van der Waals surface area contributed by atoms with Crippen LogP contribution in [0.3, 0.4) is 0 Å². The van der Waals surface area contributed by atoms with Crippen LogP contribution < -0.4 is 5.73 Å². The minimum atomic E-state index is -0.341. The molecule has 0 saturated heterocycles.